The van der Waals surface area contributed by atoms with Crippen molar-refractivity contribution < 1.29 is 9.90 Å². The van der Waals surface area contributed by atoms with E-state index in [0.717, 1.165) is 25.2 Å². The molecule has 0 aromatic heterocycles. The van der Waals surface area contributed by atoms with Gasteiger partial charge in [-0.15, -0.1) is 0 Å². The van der Waals surface area contributed by atoms with Gasteiger partial charge >= 0.3 is 5.97 Å². The standard InChI is InChI=1S/C16H21NO2/c1-16(2)8-9-17(12-16)11-14-5-3-4-13(10-14)6-7-15(18)19/h3-7,10H,8-9,11-12H2,1-2H3,(H,18,19). The Kier molecular flexibility index (Phi) is 4.05. The monoisotopic (exact) mass is 259 g/mol. The lowest BCUT2D eigenvalue weighted by molar-refractivity contribution is -0.131. The lowest BCUT2D eigenvalue weighted by Gasteiger charge is -2.19. The summed E-state index contributed by atoms with van der Waals surface area (Å²) >= 11 is 0. The van der Waals surface area contributed by atoms with E-state index in [1.807, 2.05) is 12.1 Å². The highest BCUT2D eigenvalue weighted by Crippen LogP contribution is 2.29. The maximum Gasteiger partial charge on any atom is 0.328 e. The minimum Gasteiger partial charge on any atom is -0.478 e. The van der Waals surface area contributed by atoms with E-state index in [2.05, 4.69) is 30.9 Å². The summed E-state index contributed by atoms with van der Waals surface area (Å²) < 4.78 is 0. The summed E-state index contributed by atoms with van der Waals surface area (Å²) in [5.74, 6) is -0.910. The van der Waals surface area contributed by atoms with Crippen molar-refractivity contribution in [3.8, 4) is 0 Å². The fourth-order valence-electron chi connectivity index (χ4n) is 2.58. The first kappa shape index (κ1) is 13.8. The molecule has 1 aromatic carbocycles. The zero-order chi connectivity index (χ0) is 13.9. The molecule has 1 fully saturated rings. The van der Waals surface area contributed by atoms with Crippen LogP contribution in [-0.4, -0.2) is 29.1 Å². The molecule has 0 amide bonds. The molecule has 2 rings (SSSR count). The molecule has 0 bridgehead atoms. The van der Waals surface area contributed by atoms with Gasteiger partial charge in [-0.2, -0.15) is 0 Å². The molecule has 3 nitrogen and oxygen atoms in total. The first-order valence-corrected chi connectivity index (χ1v) is 6.67. The zero-order valence-electron chi connectivity index (χ0n) is 11.6. The molecule has 1 aliphatic rings. The van der Waals surface area contributed by atoms with Crippen LogP contribution in [0.3, 0.4) is 0 Å². The van der Waals surface area contributed by atoms with Gasteiger partial charge in [0, 0.05) is 19.2 Å². The first-order valence-electron chi connectivity index (χ1n) is 6.67. The summed E-state index contributed by atoms with van der Waals surface area (Å²) in [6, 6.07) is 8.07. The number of carboxylic acids is 1. The van der Waals surface area contributed by atoms with Gasteiger partial charge in [0.05, 0.1) is 0 Å². The van der Waals surface area contributed by atoms with Gasteiger partial charge in [0.2, 0.25) is 0 Å². The predicted molar refractivity (Wildman–Crippen MR) is 76.8 cm³/mol. The third kappa shape index (κ3) is 4.21. The van der Waals surface area contributed by atoms with Crippen molar-refractivity contribution in [2.24, 2.45) is 5.41 Å². The summed E-state index contributed by atoms with van der Waals surface area (Å²) in [6.07, 6.45) is 4.06. The molecule has 1 saturated heterocycles. The van der Waals surface area contributed by atoms with Gasteiger partial charge in [-0.25, -0.2) is 4.79 Å². The molecule has 0 saturated carbocycles. The van der Waals surface area contributed by atoms with Gasteiger partial charge in [-0.3, -0.25) is 4.90 Å². The number of likely N-dealkylation sites (tertiary alicyclic amines) is 1. The van der Waals surface area contributed by atoms with E-state index in [9.17, 15) is 4.79 Å². The minimum atomic E-state index is -0.910. The highest BCUT2D eigenvalue weighted by Gasteiger charge is 2.28. The van der Waals surface area contributed by atoms with E-state index in [1.165, 1.54) is 18.1 Å². The zero-order valence-corrected chi connectivity index (χ0v) is 11.6. The molecule has 1 aliphatic heterocycles. The van der Waals surface area contributed by atoms with Crippen molar-refractivity contribution in [1.82, 2.24) is 4.90 Å². The van der Waals surface area contributed by atoms with Crippen LogP contribution >= 0.6 is 0 Å². The van der Waals surface area contributed by atoms with Crippen LogP contribution in [0.25, 0.3) is 6.08 Å². The summed E-state index contributed by atoms with van der Waals surface area (Å²) in [4.78, 5) is 13.0. The number of benzene rings is 1. The Hall–Kier alpha value is -1.61. The SMILES string of the molecule is CC1(C)CCN(Cc2cccc(C=CC(=O)O)c2)C1. The summed E-state index contributed by atoms with van der Waals surface area (Å²) in [7, 11) is 0. The third-order valence-electron chi connectivity index (χ3n) is 3.53. The molecule has 19 heavy (non-hydrogen) atoms. The molecule has 0 atom stereocenters. The molecule has 0 radical (unpaired) electrons. The van der Waals surface area contributed by atoms with E-state index < -0.39 is 5.97 Å². The lowest BCUT2D eigenvalue weighted by Crippen LogP contribution is -2.22. The Bertz CT molecular complexity index is 491. The van der Waals surface area contributed by atoms with E-state index in [-0.39, 0.29) is 0 Å². The van der Waals surface area contributed by atoms with E-state index in [1.54, 1.807) is 6.08 Å². The number of carboxylic acid groups (broad SMARTS) is 1. The van der Waals surface area contributed by atoms with Crippen molar-refractivity contribution in [2.75, 3.05) is 13.1 Å². The molecular weight excluding hydrogens is 238 g/mol. The Labute approximate surface area is 114 Å². The van der Waals surface area contributed by atoms with Gasteiger partial charge in [0.25, 0.3) is 0 Å². The minimum absolute atomic E-state index is 0.417. The molecule has 3 heteroatoms. The van der Waals surface area contributed by atoms with Gasteiger partial charge in [-0.05, 0) is 35.6 Å². The maximum atomic E-state index is 10.5. The van der Waals surface area contributed by atoms with E-state index >= 15 is 0 Å². The van der Waals surface area contributed by atoms with Crippen LogP contribution in [0.1, 0.15) is 31.4 Å². The van der Waals surface area contributed by atoms with E-state index in [0.29, 0.717) is 5.41 Å². The number of aliphatic carboxylic acids is 1. The van der Waals surface area contributed by atoms with Crippen LogP contribution in [0.4, 0.5) is 0 Å². The van der Waals surface area contributed by atoms with Crippen molar-refractivity contribution in [2.45, 2.75) is 26.8 Å². The highest BCUT2D eigenvalue weighted by molar-refractivity contribution is 5.85. The fraction of sp³-hybridized carbons (Fsp3) is 0.438. The normalized spacial score (nSPS) is 19.1. The molecule has 102 valence electrons. The van der Waals surface area contributed by atoms with Crippen LogP contribution in [0.15, 0.2) is 30.3 Å². The average Bonchev–Trinajstić information content (AvgIpc) is 2.66. The Morgan fingerprint density at radius 3 is 2.89 bits per heavy atom. The highest BCUT2D eigenvalue weighted by atomic mass is 16.4. The van der Waals surface area contributed by atoms with Crippen molar-refractivity contribution in [3.05, 3.63) is 41.5 Å². The molecule has 1 aromatic rings. The smallest absolute Gasteiger partial charge is 0.328 e. The summed E-state index contributed by atoms with van der Waals surface area (Å²) in [5.41, 5.74) is 2.60. The second-order valence-electron chi connectivity index (χ2n) is 6.04. The van der Waals surface area contributed by atoms with Crippen LogP contribution in [0, 0.1) is 5.41 Å². The quantitative estimate of drug-likeness (QED) is 0.845. The molecule has 1 heterocycles. The van der Waals surface area contributed by atoms with E-state index in [4.69, 9.17) is 5.11 Å². The van der Waals surface area contributed by atoms with Crippen molar-refractivity contribution >= 4 is 12.0 Å². The summed E-state index contributed by atoms with van der Waals surface area (Å²) in [5, 5.41) is 8.64. The topological polar surface area (TPSA) is 40.5 Å². The molecular formula is C16H21NO2. The molecule has 1 N–H and O–H groups in total. The predicted octanol–water partition coefficient (Wildman–Crippen LogP) is 3.02. The number of rotatable bonds is 4. The summed E-state index contributed by atoms with van der Waals surface area (Å²) in [6.45, 7) is 7.82. The third-order valence-corrected chi connectivity index (χ3v) is 3.53. The van der Waals surface area contributed by atoms with Gasteiger partial charge < -0.3 is 5.11 Å². The van der Waals surface area contributed by atoms with Gasteiger partial charge in [-0.1, -0.05) is 38.1 Å². The molecule has 0 aliphatic carbocycles. The lowest BCUT2D eigenvalue weighted by atomic mass is 9.93. The second-order valence-corrected chi connectivity index (χ2v) is 6.04. The number of hydrogen-bond donors (Lipinski definition) is 1. The molecule has 0 spiro atoms. The van der Waals surface area contributed by atoms with Gasteiger partial charge in [0.15, 0.2) is 0 Å². The van der Waals surface area contributed by atoms with Crippen molar-refractivity contribution in [1.29, 1.82) is 0 Å². The Balaban J connectivity index is 2.01. The van der Waals surface area contributed by atoms with Crippen LogP contribution in [-0.2, 0) is 11.3 Å². The number of nitrogens with zero attached hydrogens (tertiary/aromatic N) is 1. The average molecular weight is 259 g/mol. The number of carbonyl (C=O) groups is 1. The Morgan fingerprint density at radius 2 is 2.26 bits per heavy atom. The maximum absolute atomic E-state index is 10.5. The van der Waals surface area contributed by atoms with Crippen LogP contribution in [0.5, 0.6) is 0 Å². The molecule has 0 unspecified atom stereocenters. The van der Waals surface area contributed by atoms with Crippen molar-refractivity contribution in [3.63, 3.8) is 0 Å². The second kappa shape index (κ2) is 5.57. The van der Waals surface area contributed by atoms with Gasteiger partial charge in [0.1, 0.15) is 0 Å². The Morgan fingerprint density at radius 1 is 1.47 bits per heavy atom. The van der Waals surface area contributed by atoms with Crippen LogP contribution in [0.2, 0.25) is 0 Å². The largest absolute Gasteiger partial charge is 0.478 e. The first-order chi connectivity index (χ1) is 8.94. The number of hydrogen-bond acceptors (Lipinski definition) is 2. The van der Waals surface area contributed by atoms with Crippen LogP contribution < -0.4 is 0 Å². The fourth-order valence-corrected chi connectivity index (χ4v) is 2.58.